The molecule has 6 nitrogen and oxygen atoms in total. The molecule has 0 aliphatic carbocycles. The van der Waals surface area contributed by atoms with Crippen LogP contribution in [-0.2, 0) is 0 Å². The van der Waals surface area contributed by atoms with Gasteiger partial charge in [-0.1, -0.05) is 12.1 Å². The van der Waals surface area contributed by atoms with Gasteiger partial charge in [-0.3, -0.25) is 0 Å². The molecule has 0 bridgehead atoms. The van der Waals surface area contributed by atoms with Gasteiger partial charge >= 0.3 is 0 Å². The molecule has 124 valence electrons. The van der Waals surface area contributed by atoms with Gasteiger partial charge in [0.2, 0.25) is 5.95 Å². The Bertz CT molecular complexity index is 865. The van der Waals surface area contributed by atoms with Gasteiger partial charge in [-0.05, 0) is 24.3 Å². The Morgan fingerprint density at radius 3 is 2.46 bits per heavy atom. The molecule has 0 radical (unpaired) electrons. The number of rotatable bonds is 5. The Morgan fingerprint density at radius 2 is 1.75 bits per heavy atom. The smallest absolute Gasteiger partial charge is 0.229 e. The summed E-state index contributed by atoms with van der Waals surface area (Å²) in [6.45, 7) is 0. The molecule has 3 rings (SSSR count). The van der Waals surface area contributed by atoms with Gasteiger partial charge in [0.05, 0.1) is 25.4 Å². The first-order valence-electron chi connectivity index (χ1n) is 7.55. The summed E-state index contributed by atoms with van der Waals surface area (Å²) in [5.74, 6) is 2.76. The average molecular weight is 324 g/mol. The van der Waals surface area contributed by atoms with Crippen molar-refractivity contribution in [2.75, 3.05) is 38.5 Å². The number of ether oxygens (including phenoxy) is 2. The van der Waals surface area contributed by atoms with Crippen molar-refractivity contribution in [2.45, 2.75) is 0 Å². The highest BCUT2D eigenvalue weighted by Gasteiger charge is 2.11. The van der Waals surface area contributed by atoms with Crippen LogP contribution in [0, 0.1) is 0 Å². The second-order valence-electron chi connectivity index (χ2n) is 5.47. The first kappa shape index (κ1) is 15.9. The maximum absolute atomic E-state index is 5.42. The molecule has 1 heterocycles. The molecule has 0 aliphatic rings. The minimum atomic E-state index is 0.515. The van der Waals surface area contributed by atoms with Crippen LogP contribution in [0.4, 0.5) is 17.5 Å². The summed E-state index contributed by atoms with van der Waals surface area (Å²) < 4.78 is 10.6. The van der Waals surface area contributed by atoms with Crippen molar-refractivity contribution in [3.05, 3.63) is 42.5 Å². The molecule has 3 aromatic rings. The molecule has 0 atom stereocenters. The third-order valence-electron chi connectivity index (χ3n) is 3.66. The molecule has 24 heavy (non-hydrogen) atoms. The van der Waals surface area contributed by atoms with Crippen LogP contribution in [0.1, 0.15) is 0 Å². The summed E-state index contributed by atoms with van der Waals surface area (Å²) in [5.41, 5.74) is 1.66. The minimum absolute atomic E-state index is 0.515. The van der Waals surface area contributed by atoms with E-state index in [9.17, 15) is 0 Å². The van der Waals surface area contributed by atoms with E-state index in [0.717, 1.165) is 28.2 Å². The summed E-state index contributed by atoms with van der Waals surface area (Å²) >= 11 is 0. The van der Waals surface area contributed by atoms with Crippen molar-refractivity contribution in [1.29, 1.82) is 0 Å². The van der Waals surface area contributed by atoms with Gasteiger partial charge in [0.1, 0.15) is 17.3 Å². The number of hydrogen-bond donors (Lipinski definition) is 1. The van der Waals surface area contributed by atoms with Crippen LogP contribution in [0.2, 0.25) is 0 Å². The molecule has 0 spiro atoms. The van der Waals surface area contributed by atoms with Crippen LogP contribution in [0.5, 0.6) is 11.5 Å². The van der Waals surface area contributed by atoms with E-state index in [4.69, 9.17) is 9.47 Å². The lowest BCUT2D eigenvalue weighted by Gasteiger charge is -2.16. The zero-order valence-corrected chi connectivity index (χ0v) is 14.2. The maximum Gasteiger partial charge on any atom is 0.229 e. The Labute approximate surface area is 141 Å². The van der Waals surface area contributed by atoms with E-state index >= 15 is 0 Å². The summed E-state index contributed by atoms with van der Waals surface area (Å²) in [6, 6.07) is 13.5. The fourth-order valence-corrected chi connectivity index (χ4v) is 2.48. The normalized spacial score (nSPS) is 10.5. The number of nitrogens with zero attached hydrogens (tertiary/aromatic N) is 3. The van der Waals surface area contributed by atoms with Gasteiger partial charge in [-0.15, -0.1) is 0 Å². The predicted octanol–water partition coefficient (Wildman–Crippen LogP) is 3.46. The highest BCUT2D eigenvalue weighted by Crippen LogP contribution is 2.32. The molecule has 0 aliphatic heterocycles. The third kappa shape index (κ3) is 3.03. The monoisotopic (exact) mass is 324 g/mol. The highest BCUT2D eigenvalue weighted by molar-refractivity contribution is 5.90. The van der Waals surface area contributed by atoms with Crippen molar-refractivity contribution >= 4 is 28.4 Å². The number of nitrogens with one attached hydrogen (secondary N) is 1. The van der Waals surface area contributed by atoms with E-state index < -0.39 is 0 Å². The number of methoxy groups -OCH3 is 2. The lowest BCUT2D eigenvalue weighted by molar-refractivity contribution is 0.395. The second-order valence-corrected chi connectivity index (χ2v) is 5.47. The van der Waals surface area contributed by atoms with Crippen LogP contribution < -0.4 is 19.7 Å². The molecule has 0 saturated carbocycles. The summed E-state index contributed by atoms with van der Waals surface area (Å²) in [7, 11) is 7.17. The van der Waals surface area contributed by atoms with E-state index in [0.29, 0.717) is 11.7 Å². The average Bonchev–Trinajstić information content (AvgIpc) is 2.61. The van der Waals surface area contributed by atoms with E-state index in [1.807, 2.05) is 61.5 Å². The van der Waals surface area contributed by atoms with Crippen LogP contribution in [0.15, 0.2) is 42.5 Å². The van der Waals surface area contributed by atoms with E-state index in [1.165, 1.54) is 0 Å². The second kappa shape index (κ2) is 6.62. The van der Waals surface area contributed by atoms with Crippen LogP contribution in [0.3, 0.4) is 0 Å². The Balaban J connectivity index is 2.04. The molecule has 1 N–H and O–H groups in total. The van der Waals surface area contributed by atoms with Gasteiger partial charge in [0.25, 0.3) is 0 Å². The number of benzene rings is 2. The van der Waals surface area contributed by atoms with E-state index in [-0.39, 0.29) is 0 Å². The lowest BCUT2D eigenvalue weighted by Crippen LogP contribution is -2.13. The van der Waals surface area contributed by atoms with Crippen LogP contribution >= 0.6 is 0 Å². The Kier molecular flexibility index (Phi) is 4.37. The first-order valence-corrected chi connectivity index (χ1v) is 7.55. The minimum Gasteiger partial charge on any atom is -0.497 e. The fourth-order valence-electron chi connectivity index (χ4n) is 2.48. The fraction of sp³-hybridized carbons (Fsp3) is 0.222. The van der Waals surface area contributed by atoms with Crippen LogP contribution in [-0.4, -0.2) is 38.3 Å². The first-order chi connectivity index (χ1) is 11.6. The molecule has 0 unspecified atom stereocenters. The molecule has 0 saturated heterocycles. The largest absolute Gasteiger partial charge is 0.497 e. The van der Waals surface area contributed by atoms with Gasteiger partial charge in [-0.25, -0.2) is 4.98 Å². The summed E-state index contributed by atoms with van der Waals surface area (Å²) in [5, 5.41) is 4.24. The number of para-hydroxylation sites is 1. The lowest BCUT2D eigenvalue weighted by atomic mass is 10.2. The number of aromatic nitrogens is 2. The Hall–Kier alpha value is -3.02. The van der Waals surface area contributed by atoms with Crippen molar-refractivity contribution in [1.82, 2.24) is 9.97 Å². The van der Waals surface area contributed by atoms with Gasteiger partial charge in [0, 0.05) is 25.5 Å². The molecule has 2 aromatic carbocycles. The molecular formula is C18H20N4O2. The van der Waals surface area contributed by atoms with Crippen molar-refractivity contribution in [3.63, 3.8) is 0 Å². The number of fused-ring (bicyclic) bond motifs is 1. The summed E-state index contributed by atoms with van der Waals surface area (Å²) in [4.78, 5) is 11.2. The van der Waals surface area contributed by atoms with Crippen molar-refractivity contribution in [2.24, 2.45) is 0 Å². The Morgan fingerprint density at radius 1 is 0.958 bits per heavy atom. The van der Waals surface area contributed by atoms with Gasteiger partial charge in [-0.2, -0.15) is 4.98 Å². The topological polar surface area (TPSA) is 59.5 Å². The summed E-state index contributed by atoms with van der Waals surface area (Å²) in [6.07, 6.45) is 0. The molecule has 0 fully saturated rings. The highest BCUT2D eigenvalue weighted by atomic mass is 16.5. The van der Waals surface area contributed by atoms with E-state index in [1.54, 1.807) is 14.2 Å². The number of anilines is 3. The predicted molar refractivity (Wildman–Crippen MR) is 96.7 cm³/mol. The standard InChI is InChI=1S/C18H20N4O2/c1-22(2)17-13-7-5-6-8-14(13)19-18(21-17)20-15-10-9-12(23-3)11-16(15)24-4/h5-11H,1-4H3,(H,19,20,21). The zero-order chi connectivity index (χ0) is 17.1. The number of hydrogen-bond acceptors (Lipinski definition) is 6. The third-order valence-corrected chi connectivity index (χ3v) is 3.66. The molecule has 6 heteroatoms. The molecule has 0 amide bonds. The van der Waals surface area contributed by atoms with Crippen LogP contribution in [0.25, 0.3) is 10.9 Å². The molecule has 1 aromatic heterocycles. The zero-order valence-electron chi connectivity index (χ0n) is 14.2. The van der Waals surface area contributed by atoms with Crippen molar-refractivity contribution < 1.29 is 9.47 Å². The molecular weight excluding hydrogens is 304 g/mol. The van der Waals surface area contributed by atoms with Gasteiger partial charge in [0.15, 0.2) is 0 Å². The van der Waals surface area contributed by atoms with Gasteiger partial charge < -0.3 is 19.7 Å². The maximum atomic E-state index is 5.42. The SMILES string of the molecule is COc1ccc(Nc2nc(N(C)C)c3ccccc3n2)c(OC)c1. The van der Waals surface area contributed by atoms with E-state index in [2.05, 4.69) is 15.3 Å². The quantitative estimate of drug-likeness (QED) is 0.775. The van der Waals surface area contributed by atoms with Crippen molar-refractivity contribution in [3.8, 4) is 11.5 Å².